The van der Waals surface area contributed by atoms with Gasteiger partial charge in [-0.05, 0) is 55.5 Å². The Balaban J connectivity index is 1.73. The lowest BCUT2D eigenvalue weighted by Crippen LogP contribution is -2.22. The maximum atomic E-state index is 5.60. The predicted octanol–water partition coefficient (Wildman–Crippen LogP) is 3.81. The summed E-state index contributed by atoms with van der Waals surface area (Å²) in [5.41, 5.74) is 3.45. The van der Waals surface area contributed by atoms with Gasteiger partial charge in [0.05, 0.1) is 19.5 Å². The van der Waals surface area contributed by atoms with Gasteiger partial charge in [0.15, 0.2) is 0 Å². The highest BCUT2D eigenvalue weighted by molar-refractivity contribution is 7.71. The van der Waals surface area contributed by atoms with Gasteiger partial charge < -0.3 is 4.74 Å². The van der Waals surface area contributed by atoms with Crippen molar-refractivity contribution in [1.29, 1.82) is 0 Å². The number of hydrogen-bond acceptors (Lipinski definition) is 4. The molecule has 0 radical (unpaired) electrons. The number of para-hydroxylation sites is 1. The molecule has 0 saturated heterocycles. The Morgan fingerprint density at radius 3 is 2.52 bits per heavy atom. The minimum atomic E-state index is 0.629. The van der Waals surface area contributed by atoms with Gasteiger partial charge in [0.1, 0.15) is 12.1 Å². The van der Waals surface area contributed by atoms with Crippen molar-refractivity contribution in [2.75, 3.05) is 14.2 Å². The molecule has 3 aromatic rings. The summed E-state index contributed by atoms with van der Waals surface area (Å²) in [4.78, 5) is 2.17. The zero-order chi connectivity index (χ0) is 17.8. The first-order chi connectivity index (χ1) is 12.1. The number of hydrogen-bond donors (Lipinski definition) is 0. The molecule has 1 aromatic heterocycles. The number of benzene rings is 2. The summed E-state index contributed by atoms with van der Waals surface area (Å²) in [7, 11) is 3.73. The number of methoxy groups -OCH3 is 1. The van der Waals surface area contributed by atoms with E-state index in [1.165, 1.54) is 11.1 Å². The van der Waals surface area contributed by atoms with Crippen LogP contribution in [0.2, 0.25) is 0 Å². The van der Waals surface area contributed by atoms with Gasteiger partial charge in [-0.15, -0.1) is 0 Å². The van der Waals surface area contributed by atoms with E-state index in [2.05, 4.69) is 48.2 Å². The molecule has 0 aliphatic rings. The van der Waals surface area contributed by atoms with Crippen LogP contribution in [0.4, 0.5) is 0 Å². The minimum Gasteiger partial charge on any atom is -0.497 e. The fraction of sp³-hybridized carbons (Fsp3) is 0.263. The number of ether oxygens (including phenoxy) is 1. The molecule has 0 aliphatic heterocycles. The van der Waals surface area contributed by atoms with E-state index in [0.29, 0.717) is 11.4 Å². The van der Waals surface area contributed by atoms with Gasteiger partial charge in [0.25, 0.3) is 0 Å². The Morgan fingerprint density at radius 2 is 1.84 bits per heavy atom. The zero-order valence-corrected chi connectivity index (χ0v) is 15.5. The SMILES string of the molecule is COc1ccc(CN(C)Cn2ncn(-c3ccccc3C)c2=S)cc1. The summed E-state index contributed by atoms with van der Waals surface area (Å²) in [6.07, 6.45) is 1.78. The number of nitrogens with zero attached hydrogens (tertiary/aromatic N) is 4. The molecule has 0 bridgehead atoms. The predicted molar refractivity (Wildman–Crippen MR) is 102 cm³/mol. The largest absolute Gasteiger partial charge is 0.497 e. The first-order valence-corrected chi connectivity index (χ1v) is 8.51. The van der Waals surface area contributed by atoms with Crippen LogP contribution in [0.1, 0.15) is 11.1 Å². The molecular formula is C19H22N4OS. The third-order valence-corrected chi connectivity index (χ3v) is 4.50. The average molecular weight is 354 g/mol. The second kappa shape index (κ2) is 7.63. The normalized spacial score (nSPS) is 11.0. The molecule has 0 amide bonds. The highest BCUT2D eigenvalue weighted by Gasteiger charge is 2.08. The number of aryl methyl sites for hydroxylation is 1. The molecule has 130 valence electrons. The summed E-state index contributed by atoms with van der Waals surface area (Å²) in [5, 5.41) is 4.46. The van der Waals surface area contributed by atoms with Gasteiger partial charge in [0, 0.05) is 6.54 Å². The molecule has 1 heterocycles. The van der Waals surface area contributed by atoms with E-state index >= 15 is 0 Å². The summed E-state index contributed by atoms with van der Waals surface area (Å²) >= 11 is 5.60. The average Bonchev–Trinajstić information content (AvgIpc) is 2.96. The molecule has 0 aliphatic carbocycles. The molecule has 0 spiro atoms. The van der Waals surface area contributed by atoms with Crippen LogP contribution in [0.15, 0.2) is 54.9 Å². The van der Waals surface area contributed by atoms with E-state index in [1.807, 2.05) is 33.5 Å². The fourth-order valence-electron chi connectivity index (χ4n) is 2.75. The molecule has 0 unspecified atom stereocenters. The lowest BCUT2D eigenvalue weighted by molar-refractivity contribution is 0.244. The molecule has 5 nitrogen and oxygen atoms in total. The van der Waals surface area contributed by atoms with Crippen LogP contribution >= 0.6 is 12.2 Å². The smallest absolute Gasteiger partial charge is 0.203 e. The van der Waals surface area contributed by atoms with Crippen LogP contribution in [-0.2, 0) is 13.2 Å². The van der Waals surface area contributed by atoms with E-state index in [-0.39, 0.29) is 0 Å². The van der Waals surface area contributed by atoms with Gasteiger partial charge in [-0.1, -0.05) is 30.3 Å². The second-order valence-corrected chi connectivity index (χ2v) is 6.44. The van der Waals surface area contributed by atoms with Crippen LogP contribution in [0.25, 0.3) is 5.69 Å². The van der Waals surface area contributed by atoms with Crippen molar-refractivity contribution >= 4 is 12.2 Å². The molecule has 0 saturated carbocycles. The first-order valence-electron chi connectivity index (χ1n) is 8.10. The van der Waals surface area contributed by atoms with Crippen molar-refractivity contribution in [3.05, 3.63) is 70.8 Å². The Labute approximate surface area is 153 Å². The van der Waals surface area contributed by atoms with Crippen LogP contribution in [0.5, 0.6) is 5.75 Å². The lowest BCUT2D eigenvalue weighted by Gasteiger charge is -2.16. The second-order valence-electron chi connectivity index (χ2n) is 6.07. The highest BCUT2D eigenvalue weighted by atomic mass is 32.1. The summed E-state index contributed by atoms with van der Waals surface area (Å²) in [6, 6.07) is 16.2. The van der Waals surface area contributed by atoms with E-state index in [9.17, 15) is 0 Å². The number of rotatable bonds is 6. The zero-order valence-electron chi connectivity index (χ0n) is 14.7. The molecule has 0 atom stereocenters. The molecule has 0 N–H and O–H groups in total. The maximum absolute atomic E-state index is 5.60. The summed E-state index contributed by atoms with van der Waals surface area (Å²) in [5.74, 6) is 0.866. The summed E-state index contributed by atoms with van der Waals surface area (Å²) < 4.78 is 9.68. The van der Waals surface area contributed by atoms with Crippen LogP contribution in [0.3, 0.4) is 0 Å². The van der Waals surface area contributed by atoms with E-state index < -0.39 is 0 Å². The maximum Gasteiger partial charge on any atom is 0.203 e. The van der Waals surface area contributed by atoms with Gasteiger partial charge in [0.2, 0.25) is 4.77 Å². The van der Waals surface area contributed by atoms with Crippen LogP contribution in [0, 0.1) is 11.7 Å². The topological polar surface area (TPSA) is 35.2 Å². The van der Waals surface area contributed by atoms with Gasteiger partial charge in [-0.2, -0.15) is 5.10 Å². The van der Waals surface area contributed by atoms with Crippen LogP contribution < -0.4 is 4.74 Å². The summed E-state index contributed by atoms with van der Waals surface area (Å²) in [6.45, 7) is 3.51. The van der Waals surface area contributed by atoms with E-state index in [4.69, 9.17) is 17.0 Å². The third-order valence-electron chi connectivity index (χ3n) is 4.10. The van der Waals surface area contributed by atoms with Crippen molar-refractivity contribution < 1.29 is 4.74 Å². The Morgan fingerprint density at radius 1 is 1.12 bits per heavy atom. The first kappa shape index (κ1) is 17.4. The lowest BCUT2D eigenvalue weighted by atomic mass is 10.2. The third kappa shape index (κ3) is 3.97. The monoisotopic (exact) mass is 354 g/mol. The fourth-order valence-corrected chi connectivity index (χ4v) is 3.00. The van der Waals surface area contributed by atoms with Crippen molar-refractivity contribution in [1.82, 2.24) is 19.2 Å². The van der Waals surface area contributed by atoms with Gasteiger partial charge in [-0.25, -0.2) is 4.68 Å². The van der Waals surface area contributed by atoms with Gasteiger partial charge >= 0.3 is 0 Å². The molecule has 25 heavy (non-hydrogen) atoms. The van der Waals surface area contributed by atoms with Crippen molar-refractivity contribution in [2.45, 2.75) is 20.1 Å². The van der Waals surface area contributed by atoms with E-state index in [0.717, 1.165) is 18.0 Å². The Kier molecular flexibility index (Phi) is 5.31. The van der Waals surface area contributed by atoms with Crippen LogP contribution in [-0.4, -0.2) is 33.4 Å². The minimum absolute atomic E-state index is 0.629. The van der Waals surface area contributed by atoms with Crippen molar-refractivity contribution in [3.8, 4) is 11.4 Å². The van der Waals surface area contributed by atoms with Crippen molar-refractivity contribution in [2.24, 2.45) is 0 Å². The van der Waals surface area contributed by atoms with Crippen molar-refractivity contribution in [3.63, 3.8) is 0 Å². The Bertz CT molecular complexity index is 898. The van der Waals surface area contributed by atoms with E-state index in [1.54, 1.807) is 13.4 Å². The standard InChI is InChI=1S/C19H22N4OS/c1-15-6-4-5-7-18(15)22-13-20-23(19(22)25)14-21(2)12-16-8-10-17(24-3)11-9-16/h4-11,13H,12,14H2,1-3H3. The highest BCUT2D eigenvalue weighted by Crippen LogP contribution is 2.15. The van der Waals surface area contributed by atoms with Gasteiger partial charge in [-0.3, -0.25) is 9.47 Å². The molecule has 6 heteroatoms. The molecule has 0 fully saturated rings. The molecular weight excluding hydrogens is 332 g/mol. The Hall–Kier alpha value is -2.44. The molecule has 3 rings (SSSR count). The molecule has 2 aromatic carbocycles. The number of aromatic nitrogens is 3. The quantitative estimate of drug-likeness (QED) is 0.631.